The minimum atomic E-state index is -0.936. The monoisotopic (exact) mass is 413 g/mol. The Bertz CT molecular complexity index is 1300. The minimum Gasteiger partial charge on any atom is -0.478 e. The fourth-order valence-corrected chi connectivity index (χ4v) is 4.34. The minimum absolute atomic E-state index is 0.0628. The van der Waals surface area contributed by atoms with Gasteiger partial charge in [0.1, 0.15) is 0 Å². The molecule has 0 fully saturated rings. The SMILES string of the molecule is CCCc1c(C(=O)C(C)C)cc2ccccc2c1Cc1cc2ccc(C(=O)O)cc2[nH]1. The zero-order chi connectivity index (χ0) is 22.1. The van der Waals surface area contributed by atoms with Gasteiger partial charge in [0.15, 0.2) is 5.78 Å². The van der Waals surface area contributed by atoms with Crippen LogP contribution in [-0.4, -0.2) is 21.8 Å². The summed E-state index contributed by atoms with van der Waals surface area (Å²) in [5, 5.41) is 12.5. The Labute approximate surface area is 181 Å². The lowest BCUT2D eigenvalue weighted by Gasteiger charge is -2.18. The summed E-state index contributed by atoms with van der Waals surface area (Å²) in [5.41, 5.74) is 5.22. The molecular weight excluding hydrogens is 386 g/mol. The number of fused-ring (bicyclic) bond motifs is 2. The van der Waals surface area contributed by atoms with Crippen molar-refractivity contribution < 1.29 is 14.7 Å². The zero-order valence-corrected chi connectivity index (χ0v) is 18.2. The maximum atomic E-state index is 13.1. The summed E-state index contributed by atoms with van der Waals surface area (Å²) in [6.07, 6.45) is 2.46. The number of hydrogen-bond acceptors (Lipinski definition) is 2. The molecule has 1 aromatic heterocycles. The number of aromatic carboxylic acids is 1. The van der Waals surface area contributed by atoms with E-state index in [1.54, 1.807) is 12.1 Å². The van der Waals surface area contributed by atoms with Crippen LogP contribution in [0.3, 0.4) is 0 Å². The third kappa shape index (κ3) is 3.98. The van der Waals surface area contributed by atoms with Crippen molar-refractivity contribution >= 4 is 33.4 Å². The largest absolute Gasteiger partial charge is 0.478 e. The molecule has 3 aromatic carbocycles. The van der Waals surface area contributed by atoms with Gasteiger partial charge in [-0.15, -0.1) is 0 Å². The van der Waals surface area contributed by atoms with Crippen LogP contribution in [0.4, 0.5) is 0 Å². The lowest BCUT2D eigenvalue weighted by Crippen LogP contribution is -2.13. The molecular formula is C27H27NO3. The van der Waals surface area contributed by atoms with E-state index < -0.39 is 5.97 Å². The fraction of sp³-hybridized carbons (Fsp3) is 0.259. The first kappa shape index (κ1) is 20.9. The van der Waals surface area contributed by atoms with Gasteiger partial charge >= 0.3 is 5.97 Å². The van der Waals surface area contributed by atoms with Gasteiger partial charge in [-0.1, -0.05) is 57.5 Å². The average Bonchev–Trinajstić information content (AvgIpc) is 3.16. The summed E-state index contributed by atoms with van der Waals surface area (Å²) in [6, 6.07) is 17.5. The van der Waals surface area contributed by atoms with Gasteiger partial charge in [0, 0.05) is 29.1 Å². The van der Waals surface area contributed by atoms with Crippen molar-refractivity contribution in [1.29, 1.82) is 0 Å². The predicted octanol–water partition coefficient (Wildman–Crippen LogP) is 6.40. The highest BCUT2D eigenvalue weighted by Gasteiger charge is 2.20. The summed E-state index contributed by atoms with van der Waals surface area (Å²) in [5.74, 6) is -0.820. The number of Topliss-reactive ketones (excluding diaryl/α,β-unsaturated/α-hetero) is 1. The van der Waals surface area contributed by atoms with Gasteiger partial charge in [-0.25, -0.2) is 4.79 Å². The van der Waals surface area contributed by atoms with Crippen LogP contribution >= 0.6 is 0 Å². The molecule has 0 unspecified atom stereocenters. The van der Waals surface area contributed by atoms with Gasteiger partial charge in [-0.3, -0.25) is 4.79 Å². The molecule has 0 bridgehead atoms. The number of H-pyrrole nitrogens is 1. The third-order valence-corrected chi connectivity index (χ3v) is 5.86. The van der Waals surface area contributed by atoms with Crippen LogP contribution < -0.4 is 0 Å². The first-order valence-corrected chi connectivity index (χ1v) is 10.8. The maximum Gasteiger partial charge on any atom is 0.335 e. The van der Waals surface area contributed by atoms with Gasteiger partial charge in [0.05, 0.1) is 5.56 Å². The van der Waals surface area contributed by atoms with Gasteiger partial charge < -0.3 is 10.1 Å². The molecule has 0 atom stereocenters. The lowest BCUT2D eigenvalue weighted by atomic mass is 9.85. The van der Waals surface area contributed by atoms with Gasteiger partial charge in [-0.2, -0.15) is 0 Å². The molecule has 2 N–H and O–H groups in total. The number of carboxylic acid groups (broad SMARTS) is 1. The molecule has 158 valence electrons. The number of carbonyl (C=O) groups excluding carboxylic acids is 1. The number of aromatic nitrogens is 1. The number of benzene rings is 3. The zero-order valence-electron chi connectivity index (χ0n) is 18.2. The molecule has 0 radical (unpaired) electrons. The van der Waals surface area contributed by atoms with E-state index in [-0.39, 0.29) is 17.3 Å². The second kappa shape index (κ2) is 8.38. The molecule has 0 aliphatic carbocycles. The normalized spacial score (nSPS) is 11.5. The van der Waals surface area contributed by atoms with E-state index in [4.69, 9.17) is 0 Å². The number of hydrogen-bond donors (Lipinski definition) is 2. The Balaban J connectivity index is 1.89. The summed E-state index contributed by atoms with van der Waals surface area (Å²) in [6.45, 7) is 6.04. The van der Waals surface area contributed by atoms with Crippen LogP contribution in [0.25, 0.3) is 21.7 Å². The molecule has 31 heavy (non-hydrogen) atoms. The van der Waals surface area contributed by atoms with Crippen LogP contribution in [0.5, 0.6) is 0 Å². The van der Waals surface area contributed by atoms with Crippen molar-refractivity contribution in [3.05, 3.63) is 82.5 Å². The fourth-order valence-electron chi connectivity index (χ4n) is 4.34. The topological polar surface area (TPSA) is 70.2 Å². The molecule has 0 saturated carbocycles. The van der Waals surface area contributed by atoms with Crippen LogP contribution in [0.1, 0.15) is 64.7 Å². The predicted molar refractivity (Wildman–Crippen MR) is 125 cm³/mol. The van der Waals surface area contributed by atoms with E-state index in [0.29, 0.717) is 6.42 Å². The second-order valence-electron chi connectivity index (χ2n) is 8.45. The molecule has 0 spiro atoms. The molecule has 4 rings (SSSR count). The maximum absolute atomic E-state index is 13.1. The van der Waals surface area contributed by atoms with E-state index in [2.05, 4.69) is 36.2 Å². The Morgan fingerprint density at radius 1 is 0.968 bits per heavy atom. The quantitative estimate of drug-likeness (QED) is 0.344. The summed E-state index contributed by atoms with van der Waals surface area (Å²) < 4.78 is 0. The number of nitrogens with one attached hydrogen (secondary N) is 1. The molecule has 0 aliphatic rings. The highest BCUT2D eigenvalue weighted by Crippen LogP contribution is 2.31. The number of ketones is 1. The van der Waals surface area contributed by atoms with Crippen molar-refractivity contribution in [2.24, 2.45) is 5.92 Å². The van der Waals surface area contributed by atoms with Crippen molar-refractivity contribution in [2.45, 2.75) is 40.0 Å². The summed E-state index contributed by atoms with van der Waals surface area (Å²) in [4.78, 5) is 27.8. The van der Waals surface area contributed by atoms with Crippen molar-refractivity contribution in [3.63, 3.8) is 0 Å². The van der Waals surface area contributed by atoms with Crippen LogP contribution in [0.2, 0.25) is 0 Å². The van der Waals surface area contributed by atoms with Crippen molar-refractivity contribution in [3.8, 4) is 0 Å². The first-order valence-electron chi connectivity index (χ1n) is 10.8. The Morgan fingerprint density at radius 3 is 2.45 bits per heavy atom. The van der Waals surface area contributed by atoms with Crippen LogP contribution in [0.15, 0.2) is 54.6 Å². The van der Waals surface area contributed by atoms with Crippen molar-refractivity contribution in [1.82, 2.24) is 4.98 Å². The van der Waals surface area contributed by atoms with E-state index in [1.165, 1.54) is 5.56 Å². The summed E-state index contributed by atoms with van der Waals surface area (Å²) in [7, 11) is 0. The molecule has 1 heterocycles. The van der Waals surface area contributed by atoms with Crippen LogP contribution in [-0.2, 0) is 12.8 Å². The summed E-state index contributed by atoms with van der Waals surface area (Å²) >= 11 is 0. The molecule has 0 amide bonds. The number of rotatable bonds is 7. The lowest BCUT2D eigenvalue weighted by molar-refractivity contribution is 0.0696. The molecule has 4 aromatic rings. The average molecular weight is 414 g/mol. The third-order valence-electron chi connectivity index (χ3n) is 5.86. The van der Waals surface area contributed by atoms with Crippen molar-refractivity contribution in [2.75, 3.05) is 0 Å². The van der Waals surface area contributed by atoms with Crippen LogP contribution in [0, 0.1) is 5.92 Å². The number of aromatic amines is 1. The molecule has 0 saturated heterocycles. The van der Waals surface area contributed by atoms with Gasteiger partial charge in [0.2, 0.25) is 0 Å². The smallest absolute Gasteiger partial charge is 0.335 e. The molecule has 4 heteroatoms. The van der Waals surface area contributed by atoms with E-state index in [9.17, 15) is 14.7 Å². The Kier molecular flexibility index (Phi) is 5.64. The van der Waals surface area contributed by atoms with E-state index in [0.717, 1.165) is 51.3 Å². The first-order chi connectivity index (χ1) is 14.9. The number of carboxylic acids is 1. The Morgan fingerprint density at radius 2 is 1.74 bits per heavy atom. The molecule has 4 nitrogen and oxygen atoms in total. The number of carbonyl (C=O) groups is 2. The second-order valence-corrected chi connectivity index (χ2v) is 8.45. The standard InChI is InChI=1S/C27H27NO3/c1-4-7-22-23(15-20-12-18-10-11-19(27(30)31)14-25(18)28-20)21-9-6-5-8-17(21)13-24(22)26(29)16(2)3/h5-6,8-14,16,28H,4,7,15H2,1-3H3,(H,30,31). The van der Waals surface area contributed by atoms with E-state index >= 15 is 0 Å². The molecule has 0 aliphatic heterocycles. The highest BCUT2D eigenvalue weighted by atomic mass is 16.4. The Hall–Kier alpha value is -3.40. The highest BCUT2D eigenvalue weighted by molar-refractivity contribution is 6.04. The van der Waals surface area contributed by atoms with E-state index in [1.807, 2.05) is 32.0 Å². The van der Waals surface area contributed by atoms with Gasteiger partial charge in [0.25, 0.3) is 0 Å². The van der Waals surface area contributed by atoms with Gasteiger partial charge in [-0.05, 0) is 58.0 Å².